The largest absolute Gasteiger partial charge is 0.346 e. The average Bonchev–Trinajstić information content (AvgIpc) is 2.77. The van der Waals surface area contributed by atoms with Gasteiger partial charge in [0.25, 0.3) is 5.91 Å². The molecule has 1 amide bonds. The predicted octanol–water partition coefficient (Wildman–Crippen LogP) is 4.33. The number of hydrogen-bond acceptors (Lipinski definition) is 2. The molecule has 1 aliphatic heterocycles. The molecule has 0 N–H and O–H groups in total. The Bertz CT molecular complexity index is 709. The van der Waals surface area contributed by atoms with Gasteiger partial charge in [0, 0.05) is 5.56 Å². The van der Waals surface area contributed by atoms with E-state index in [0.717, 1.165) is 16.7 Å². The van der Waals surface area contributed by atoms with Crippen LogP contribution in [0.25, 0.3) is 0 Å². The fourth-order valence-electron chi connectivity index (χ4n) is 3.45. The molecule has 1 heterocycles. The van der Waals surface area contributed by atoms with Gasteiger partial charge in [0.1, 0.15) is 11.8 Å². The molecule has 120 valence electrons. The SMILES string of the molecule is Cc1ccccc1C(=O)N1[C@@H](C)[C@@H](c2ccccc2)OC1(C)C. The number of rotatable bonds is 2. The molecule has 3 heteroatoms. The van der Waals surface area contributed by atoms with E-state index in [1.165, 1.54) is 0 Å². The van der Waals surface area contributed by atoms with E-state index in [1.807, 2.05) is 68.1 Å². The molecule has 2 aromatic carbocycles. The summed E-state index contributed by atoms with van der Waals surface area (Å²) in [5.74, 6) is 0.0269. The minimum Gasteiger partial charge on any atom is -0.346 e. The summed E-state index contributed by atoms with van der Waals surface area (Å²) in [6.07, 6.45) is -0.112. The van der Waals surface area contributed by atoms with Gasteiger partial charge in [-0.15, -0.1) is 0 Å². The van der Waals surface area contributed by atoms with Crippen molar-refractivity contribution in [2.45, 2.75) is 45.6 Å². The van der Waals surface area contributed by atoms with Gasteiger partial charge in [0.15, 0.2) is 0 Å². The molecule has 0 bridgehead atoms. The Kier molecular flexibility index (Phi) is 3.99. The molecule has 0 aliphatic carbocycles. The summed E-state index contributed by atoms with van der Waals surface area (Å²) in [4.78, 5) is 15.0. The van der Waals surface area contributed by atoms with Crippen molar-refractivity contribution in [1.29, 1.82) is 0 Å². The average molecular weight is 309 g/mol. The monoisotopic (exact) mass is 309 g/mol. The molecule has 0 unspecified atom stereocenters. The summed E-state index contributed by atoms with van der Waals surface area (Å²) in [5.41, 5.74) is 2.20. The molecule has 0 aromatic heterocycles. The minimum absolute atomic E-state index is 0.0269. The van der Waals surface area contributed by atoms with E-state index in [9.17, 15) is 4.79 Å². The second-order valence-corrected chi connectivity index (χ2v) is 6.63. The Labute approximate surface area is 137 Å². The summed E-state index contributed by atoms with van der Waals surface area (Å²) >= 11 is 0. The van der Waals surface area contributed by atoms with Crippen LogP contribution in [0.5, 0.6) is 0 Å². The van der Waals surface area contributed by atoms with E-state index >= 15 is 0 Å². The fraction of sp³-hybridized carbons (Fsp3) is 0.350. The third kappa shape index (κ3) is 2.77. The first-order valence-electron chi connectivity index (χ1n) is 8.04. The number of hydrogen-bond donors (Lipinski definition) is 0. The minimum atomic E-state index is -0.640. The highest BCUT2D eigenvalue weighted by atomic mass is 16.5. The molecule has 23 heavy (non-hydrogen) atoms. The molecule has 1 fully saturated rings. The van der Waals surface area contributed by atoms with Crippen molar-refractivity contribution in [3.8, 4) is 0 Å². The second-order valence-electron chi connectivity index (χ2n) is 6.63. The quantitative estimate of drug-likeness (QED) is 0.826. The second kappa shape index (κ2) is 5.82. The van der Waals surface area contributed by atoms with Crippen LogP contribution in [-0.2, 0) is 4.74 Å². The molecule has 3 rings (SSSR count). The predicted molar refractivity (Wildman–Crippen MR) is 91.2 cm³/mol. The van der Waals surface area contributed by atoms with Gasteiger partial charge in [-0.3, -0.25) is 4.79 Å². The summed E-state index contributed by atoms with van der Waals surface area (Å²) in [6.45, 7) is 7.95. The number of amides is 1. The van der Waals surface area contributed by atoms with Crippen LogP contribution in [0.15, 0.2) is 54.6 Å². The number of nitrogens with zero attached hydrogens (tertiary/aromatic N) is 1. The van der Waals surface area contributed by atoms with E-state index in [0.29, 0.717) is 0 Å². The first-order chi connectivity index (χ1) is 10.9. The summed E-state index contributed by atoms with van der Waals surface area (Å²) in [5, 5.41) is 0. The Balaban J connectivity index is 1.96. The Morgan fingerprint density at radius 2 is 1.65 bits per heavy atom. The van der Waals surface area contributed by atoms with Crippen molar-refractivity contribution in [3.05, 3.63) is 71.3 Å². The Hall–Kier alpha value is -2.13. The van der Waals surface area contributed by atoms with Crippen LogP contribution < -0.4 is 0 Å². The topological polar surface area (TPSA) is 29.5 Å². The van der Waals surface area contributed by atoms with Gasteiger partial charge in [-0.05, 0) is 44.9 Å². The first-order valence-corrected chi connectivity index (χ1v) is 8.04. The molecule has 0 radical (unpaired) electrons. The highest BCUT2D eigenvalue weighted by Crippen LogP contribution is 2.41. The van der Waals surface area contributed by atoms with E-state index in [4.69, 9.17) is 4.74 Å². The molecule has 2 aromatic rings. The van der Waals surface area contributed by atoms with E-state index in [-0.39, 0.29) is 18.1 Å². The maximum atomic E-state index is 13.1. The van der Waals surface area contributed by atoms with Crippen molar-refractivity contribution in [3.63, 3.8) is 0 Å². The van der Waals surface area contributed by atoms with Gasteiger partial charge in [0.05, 0.1) is 6.04 Å². The highest BCUT2D eigenvalue weighted by Gasteiger charge is 2.48. The smallest absolute Gasteiger partial charge is 0.256 e. The van der Waals surface area contributed by atoms with E-state index in [1.54, 1.807) is 0 Å². The standard InChI is InChI=1S/C20H23NO2/c1-14-10-8-9-13-17(14)19(22)21-15(2)18(23-20(21,3)4)16-11-6-5-7-12-16/h5-13,15,18H,1-4H3/t15-,18-/m0/s1. The van der Waals surface area contributed by atoms with Crippen LogP contribution in [-0.4, -0.2) is 22.6 Å². The summed E-state index contributed by atoms with van der Waals surface area (Å²) in [7, 11) is 0. The molecular formula is C20H23NO2. The van der Waals surface area contributed by atoms with Gasteiger partial charge < -0.3 is 9.64 Å². The van der Waals surface area contributed by atoms with Crippen LogP contribution in [0.3, 0.4) is 0 Å². The number of carbonyl (C=O) groups excluding carboxylic acids is 1. The van der Waals surface area contributed by atoms with Crippen molar-refractivity contribution < 1.29 is 9.53 Å². The van der Waals surface area contributed by atoms with Crippen molar-refractivity contribution in [2.24, 2.45) is 0 Å². The molecule has 1 aliphatic rings. The lowest BCUT2D eigenvalue weighted by Gasteiger charge is -2.32. The van der Waals surface area contributed by atoms with Gasteiger partial charge in [-0.1, -0.05) is 48.5 Å². The number of aryl methyl sites for hydroxylation is 1. The van der Waals surface area contributed by atoms with Crippen molar-refractivity contribution in [2.75, 3.05) is 0 Å². The zero-order valence-corrected chi connectivity index (χ0v) is 14.1. The van der Waals surface area contributed by atoms with Gasteiger partial charge in [-0.2, -0.15) is 0 Å². The Morgan fingerprint density at radius 3 is 2.30 bits per heavy atom. The molecular weight excluding hydrogens is 286 g/mol. The lowest BCUT2D eigenvalue weighted by Crippen LogP contribution is -2.47. The van der Waals surface area contributed by atoms with Crippen LogP contribution in [0.4, 0.5) is 0 Å². The third-order valence-electron chi connectivity index (χ3n) is 4.56. The van der Waals surface area contributed by atoms with Crippen LogP contribution in [0.1, 0.15) is 48.4 Å². The molecule has 2 atom stereocenters. The van der Waals surface area contributed by atoms with Crippen molar-refractivity contribution >= 4 is 5.91 Å². The normalized spacial score (nSPS) is 23.0. The maximum Gasteiger partial charge on any atom is 0.256 e. The van der Waals surface area contributed by atoms with E-state index in [2.05, 4.69) is 19.1 Å². The fourth-order valence-corrected chi connectivity index (χ4v) is 3.45. The zero-order valence-electron chi connectivity index (χ0n) is 14.1. The number of ether oxygens (including phenoxy) is 1. The number of benzene rings is 2. The zero-order chi connectivity index (χ0) is 16.6. The van der Waals surface area contributed by atoms with Crippen molar-refractivity contribution in [1.82, 2.24) is 4.90 Å². The third-order valence-corrected chi connectivity index (χ3v) is 4.56. The molecule has 0 spiro atoms. The van der Waals surface area contributed by atoms with Crippen LogP contribution >= 0.6 is 0 Å². The van der Waals surface area contributed by atoms with Crippen LogP contribution in [0, 0.1) is 6.92 Å². The summed E-state index contributed by atoms with van der Waals surface area (Å²) in [6, 6.07) is 17.8. The summed E-state index contributed by atoms with van der Waals surface area (Å²) < 4.78 is 6.25. The van der Waals surface area contributed by atoms with Gasteiger partial charge in [-0.25, -0.2) is 0 Å². The highest BCUT2D eigenvalue weighted by molar-refractivity contribution is 5.96. The molecule has 1 saturated heterocycles. The van der Waals surface area contributed by atoms with Gasteiger partial charge in [0.2, 0.25) is 0 Å². The lowest BCUT2D eigenvalue weighted by atomic mass is 10.0. The van der Waals surface area contributed by atoms with Crippen LogP contribution in [0.2, 0.25) is 0 Å². The Morgan fingerprint density at radius 1 is 1.04 bits per heavy atom. The van der Waals surface area contributed by atoms with E-state index < -0.39 is 5.72 Å². The number of carbonyl (C=O) groups is 1. The lowest BCUT2D eigenvalue weighted by molar-refractivity contribution is -0.0653. The molecule has 3 nitrogen and oxygen atoms in total. The van der Waals surface area contributed by atoms with Gasteiger partial charge >= 0.3 is 0 Å². The molecule has 0 saturated carbocycles. The first kappa shape index (κ1) is 15.8. The maximum absolute atomic E-state index is 13.1.